The fourth-order valence-electron chi connectivity index (χ4n) is 2.35. The van der Waals surface area contributed by atoms with E-state index < -0.39 is 0 Å². The Labute approximate surface area is 112 Å². The van der Waals surface area contributed by atoms with Crippen LogP contribution < -0.4 is 10.6 Å². The zero-order valence-corrected chi connectivity index (χ0v) is 11.5. The summed E-state index contributed by atoms with van der Waals surface area (Å²) in [7, 11) is 0. The number of nitrogens with zero attached hydrogens (tertiary/aromatic N) is 1. The van der Waals surface area contributed by atoms with Crippen LogP contribution in [-0.2, 0) is 0 Å². The van der Waals surface area contributed by atoms with Crippen LogP contribution in [0.4, 0.5) is 0 Å². The van der Waals surface area contributed by atoms with Crippen molar-refractivity contribution in [2.75, 3.05) is 13.1 Å². The van der Waals surface area contributed by atoms with Gasteiger partial charge in [-0.1, -0.05) is 25.7 Å². The third-order valence-electron chi connectivity index (χ3n) is 3.36. The maximum atomic E-state index is 11.6. The van der Waals surface area contributed by atoms with Crippen LogP contribution in [0.15, 0.2) is 10.9 Å². The van der Waals surface area contributed by atoms with E-state index in [1.807, 2.05) is 0 Å². The lowest BCUT2D eigenvalue weighted by atomic mass is 10.1. The second-order valence-electron chi connectivity index (χ2n) is 4.77. The average Bonchev–Trinajstić information content (AvgIpc) is 2.80. The highest BCUT2D eigenvalue weighted by molar-refractivity contribution is 7.07. The predicted molar refractivity (Wildman–Crippen MR) is 73.9 cm³/mol. The molecule has 0 atom stereocenters. The Morgan fingerprint density at radius 1 is 1.28 bits per heavy atom. The van der Waals surface area contributed by atoms with E-state index in [1.165, 1.54) is 49.9 Å². The Kier molecular flexibility index (Phi) is 5.61. The number of carbonyl (C=O) groups excluding carboxylic acids is 1. The first kappa shape index (κ1) is 13.5. The Bertz CT molecular complexity index is 345. The maximum absolute atomic E-state index is 11.6. The smallest absolute Gasteiger partial charge is 0.270 e. The first-order valence-electron chi connectivity index (χ1n) is 6.76. The van der Waals surface area contributed by atoms with E-state index in [4.69, 9.17) is 0 Å². The van der Waals surface area contributed by atoms with Crippen molar-refractivity contribution in [3.05, 3.63) is 16.6 Å². The summed E-state index contributed by atoms with van der Waals surface area (Å²) in [5.74, 6) is -0.0704. The zero-order valence-electron chi connectivity index (χ0n) is 10.7. The molecule has 1 aromatic rings. The zero-order chi connectivity index (χ0) is 12.6. The molecular formula is C13H21N3OS. The van der Waals surface area contributed by atoms with Gasteiger partial charge < -0.3 is 10.6 Å². The molecule has 2 rings (SSSR count). The lowest BCUT2D eigenvalue weighted by Crippen LogP contribution is -2.36. The maximum Gasteiger partial charge on any atom is 0.270 e. The summed E-state index contributed by atoms with van der Waals surface area (Å²) in [6, 6.07) is 0.642. The normalized spacial score (nSPS) is 17.3. The van der Waals surface area contributed by atoms with Gasteiger partial charge in [-0.15, -0.1) is 11.3 Å². The molecule has 0 bridgehead atoms. The molecule has 2 N–H and O–H groups in total. The second-order valence-corrected chi connectivity index (χ2v) is 5.49. The first-order chi connectivity index (χ1) is 8.86. The van der Waals surface area contributed by atoms with Crippen LogP contribution in [0.25, 0.3) is 0 Å². The molecule has 0 saturated heterocycles. The van der Waals surface area contributed by atoms with E-state index in [2.05, 4.69) is 15.6 Å². The van der Waals surface area contributed by atoms with Crippen molar-refractivity contribution >= 4 is 17.2 Å². The van der Waals surface area contributed by atoms with E-state index >= 15 is 0 Å². The van der Waals surface area contributed by atoms with Crippen LogP contribution in [-0.4, -0.2) is 30.0 Å². The van der Waals surface area contributed by atoms with Gasteiger partial charge in [0.15, 0.2) is 0 Å². The highest BCUT2D eigenvalue weighted by atomic mass is 32.1. The van der Waals surface area contributed by atoms with Gasteiger partial charge in [-0.2, -0.15) is 0 Å². The molecule has 1 aliphatic rings. The minimum absolute atomic E-state index is 0.0704. The van der Waals surface area contributed by atoms with E-state index in [1.54, 1.807) is 10.9 Å². The highest BCUT2D eigenvalue weighted by Gasteiger charge is 2.11. The van der Waals surface area contributed by atoms with Crippen LogP contribution in [0.2, 0.25) is 0 Å². The Morgan fingerprint density at radius 3 is 2.72 bits per heavy atom. The molecule has 1 amide bonds. The van der Waals surface area contributed by atoms with Crippen LogP contribution in [0.5, 0.6) is 0 Å². The summed E-state index contributed by atoms with van der Waals surface area (Å²) in [6.45, 7) is 1.52. The molecule has 4 nitrogen and oxygen atoms in total. The van der Waals surface area contributed by atoms with Crippen LogP contribution >= 0.6 is 11.3 Å². The van der Waals surface area contributed by atoms with E-state index in [9.17, 15) is 4.79 Å². The van der Waals surface area contributed by atoms with Gasteiger partial charge in [-0.3, -0.25) is 4.79 Å². The Hall–Kier alpha value is -0.940. The summed E-state index contributed by atoms with van der Waals surface area (Å²) in [4.78, 5) is 15.6. The standard InChI is InChI=1S/C13H21N3OS/c17-13(12-9-18-10-16-12)15-8-7-14-11-5-3-1-2-4-6-11/h9-11,14H,1-8H2,(H,15,17). The number of aromatic nitrogens is 1. The monoisotopic (exact) mass is 267 g/mol. The Balaban J connectivity index is 1.59. The summed E-state index contributed by atoms with van der Waals surface area (Å²) < 4.78 is 0. The van der Waals surface area contributed by atoms with Crippen molar-refractivity contribution in [3.8, 4) is 0 Å². The van der Waals surface area contributed by atoms with Crippen molar-refractivity contribution in [3.63, 3.8) is 0 Å². The van der Waals surface area contributed by atoms with Crippen LogP contribution in [0.3, 0.4) is 0 Å². The van der Waals surface area contributed by atoms with Crippen LogP contribution in [0, 0.1) is 0 Å². The van der Waals surface area contributed by atoms with E-state index in [-0.39, 0.29) is 5.91 Å². The minimum atomic E-state index is -0.0704. The van der Waals surface area contributed by atoms with Crippen LogP contribution in [0.1, 0.15) is 49.0 Å². The predicted octanol–water partition coefficient (Wildman–Crippen LogP) is 2.19. The molecule has 5 heteroatoms. The second kappa shape index (κ2) is 7.48. The highest BCUT2D eigenvalue weighted by Crippen LogP contribution is 2.16. The molecule has 1 fully saturated rings. The summed E-state index contributed by atoms with van der Waals surface area (Å²) in [5, 5.41) is 8.18. The molecule has 1 aliphatic carbocycles. The van der Waals surface area contributed by atoms with E-state index in [0.717, 1.165) is 6.54 Å². The number of hydrogen-bond donors (Lipinski definition) is 2. The van der Waals surface area contributed by atoms with E-state index in [0.29, 0.717) is 18.3 Å². The molecule has 0 radical (unpaired) electrons. The summed E-state index contributed by atoms with van der Waals surface area (Å²) >= 11 is 1.44. The van der Waals surface area contributed by atoms with Crippen molar-refractivity contribution in [1.82, 2.24) is 15.6 Å². The third kappa shape index (κ3) is 4.38. The lowest BCUT2D eigenvalue weighted by molar-refractivity contribution is 0.0949. The topological polar surface area (TPSA) is 54.0 Å². The molecule has 0 aliphatic heterocycles. The van der Waals surface area contributed by atoms with Crippen molar-refractivity contribution < 1.29 is 4.79 Å². The summed E-state index contributed by atoms with van der Waals surface area (Å²) in [5.41, 5.74) is 2.20. The summed E-state index contributed by atoms with van der Waals surface area (Å²) in [6.07, 6.45) is 7.98. The molecule has 0 spiro atoms. The average molecular weight is 267 g/mol. The fourth-order valence-corrected chi connectivity index (χ4v) is 2.88. The SMILES string of the molecule is O=C(NCCNC1CCCCCC1)c1cscn1. The van der Waals surface area contributed by atoms with Gasteiger partial charge in [0.05, 0.1) is 5.51 Å². The van der Waals surface area contributed by atoms with Gasteiger partial charge in [0.2, 0.25) is 0 Å². The molecule has 18 heavy (non-hydrogen) atoms. The third-order valence-corrected chi connectivity index (χ3v) is 3.95. The number of carbonyl (C=O) groups is 1. The number of nitrogens with one attached hydrogen (secondary N) is 2. The molecule has 0 unspecified atom stereocenters. The Morgan fingerprint density at radius 2 is 2.06 bits per heavy atom. The molecular weight excluding hydrogens is 246 g/mol. The van der Waals surface area contributed by atoms with Gasteiger partial charge in [0, 0.05) is 24.5 Å². The van der Waals surface area contributed by atoms with Gasteiger partial charge >= 0.3 is 0 Å². The molecule has 0 aromatic carbocycles. The molecule has 1 aromatic heterocycles. The number of thiazole rings is 1. The first-order valence-corrected chi connectivity index (χ1v) is 7.70. The van der Waals surface area contributed by atoms with Gasteiger partial charge in [0.25, 0.3) is 5.91 Å². The van der Waals surface area contributed by atoms with Crippen molar-refractivity contribution in [2.24, 2.45) is 0 Å². The number of amides is 1. The number of hydrogen-bond acceptors (Lipinski definition) is 4. The van der Waals surface area contributed by atoms with Crippen molar-refractivity contribution in [1.29, 1.82) is 0 Å². The lowest BCUT2D eigenvalue weighted by Gasteiger charge is -2.16. The molecule has 1 saturated carbocycles. The molecule has 100 valence electrons. The van der Waals surface area contributed by atoms with Gasteiger partial charge in [-0.05, 0) is 12.8 Å². The molecule has 1 heterocycles. The minimum Gasteiger partial charge on any atom is -0.349 e. The number of rotatable bonds is 5. The fraction of sp³-hybridized carbons (Fsp3) is 0.692. The van der Waals surface area contributed by atoms with Gasteiger partial charge in [-0.25, -0.2) is 4.98 Å². The van der Waals surface area contributed by atoms with Crippen molar-refractivity contribution in [2.45, 2.75) is 44.6 Å². The quantitative estimate of drug-likeness (QED) is 0.635. The largest absolute Gasteiger partial charge is 0.349 e. The van der Waals surface area contributed by atoms with Gasteiger partial charge in [0.1, 0.15) is 5.69 Å².